The smallest absolute Gasteiger partial charge is 0.0540 e. The Morgan fingerprint density at radius 1 is 0.138 bits per heavy atom. The highest BCUT2D eigenvalue weighted by Crippen LogP contribution is 2.48. The predicted molar refractivity (Wildman–Crippen MR) is 403 cm³/mol. The van der Waals surface area contributed by atoms with Crippen LogP contribution < -0.4 is 9.80 Å². The Morgan fingerprint density at radius 3 is 1.03 bits per heavy atom. The van der Waals surface area contributed by atoms with Gasteiger partial charge >= 0.3 is 0 Å². The fourth-order valence-electron chi connectivity index (χ4n) is 15.0. The van der Waals surface area contributed by atoms with E-state index in [9.17, 15) is 0 Å². The third-order valence-electron chi connectivity index (χ3n) is 19.3. The summed E-state index contributed by atoms with van der Waals surface area (Å²) in [7, 11) is 0. The van der Waals surface area contributed by atoms with Gasteiger partial charge in [-0.3, -0.25) is 0 Å². The van der Waals surface area contributed by atoms with E-state index in [-0.39, 0.29) is 0 Å². The maximum atomic E-state index is 2.48. The Morgan fingerprint density at radius 2 is 0.479 bits per heavy atom. The van der Waals surface area contributed by atoms with E-state index in [1.165, 1.54) is 97.7 Å². The molecule has 0 heterocycles. The van der Waals surface area contributed by atoms with E-state index in [0.717, 1.165) is 78.3 Å². The van der Waals surface area contributed by atoms with Gasteiger partial charge in [-0.15, -0.1) is 0 Å². The van der Waals surface area contributed by atoms with E-state index in [4.69, 9.17) is 0 Å². The lowest BCUT2D eigenvalue weighted by Gasteiger charge is -2.29. The SMILES string of the molecule is c1cc(-c2cc3ccccc3c3ccccc23)cc(N(c2cc(-c3cccc4ccccc34)cc(-c3cccc4c(N(c5cccc(-c6cccc7ccccc67)c5)c5cccc(-c6cc7ccccc7c7ccccc67)c5)cccc34)c2)c2ccc3ccccc3c2)c1. The van der Waals surface area contributed by atoms with Crippen LogP contribution in [0.25, 0.3) is 142 Å². The van der Waals surface area contributed by atoms with Crippen molar-refractivity contribution in [2.75, 3.05) is 9.80 Å². The summed E-state index contributed by atoms with van der Waals surface area (Å²) in [5, 5.41) is 19.4. The molecule has 0 fully saturated rings. The van der Waals surface area contributed by atoms with Crippen LogP contribution in [0.4, 0.5) is 34.1 Å². The van der Waals surface area contributed by atoms with E-state index < -0.39 is 0 Å². The fraction of sp³-hybridized carbons (Fsp3) is 0. The molecular formula is C92H60N2. The molecule has 0 radical (unpaired) electrons. The Bertz CT molecular complexity index is 6030. The average molecular weight is 1190 g/mol. The van der Waals surface area contributed by atoms with Crippen LogP contribution in [0.15, 0.2) is 364 Å². The van der Waals surface area contributed by atoms with Crippen molar-refractivity contribution < 1.29 is 0 Å². The summed E-state index contributed by atoms with van der Waals surface area (Å²) in [6.07, 6.45) is 0. The summed E-state index contributed by atoms with van der Waals surface area (Å²) in [5.41, 5.74) is 18.0. The first-order valence-electron chi connectivity index (χ1n) is 32.4. The first kappa shape index (κ1) is 54.6. The van der Waals surface area contributed by atoms with Crippen molar-refractivity contribution in [2.24, 2.45) is 0 Å². The van der Waals surface area contributed by atoms with Crippen molar-refractivity contribution in [1.29, 1.82) is 0 Å². The lowest BCUT2D eigenvalue weighted by atomic mass is 9.91. The van der Waals surface area contributed by atoms with Gasteiger partial charge in [-0.1, -0.05) is 279 Å². The summed E-state index contributed by atoms with van der Waals surface area (Å²) in [6.45, 7) is 0. The van der Waals surface area contributed by atoms with E-state index in [2.05, 4.69) is 374 Å². The van der Waals surface area contributed by atoms with Crippen molar-refractivity contribution in [3.8, 4) is 55.6 Å². The summed E-state index contributed by atoms with van der Waals surface area (Å²) in [6, 6.07) is 135. The van der Waals surface area contributed by atoms with Gasteiger partial charge in [0, 0.05) is 33.8 Å². The van der Waals surface area contributed by atoms with E-state index >= 15 is 0 Å². The number of nitrogens with zero attached hydrogens (tertiary/aromatic N) is 2. The first-order valence-corrected chi connectivity index (χ1v) is 32.4. The molecule has 0 bridgehead atoms. The predicted octanol–water partition coefficient (Wildman–Crippen LogP) is 26.2. The molecule has 0 saturated carbocycles. The third-order valence-corrected chi connectivity index (χ3v) is 19.3. The number of anilines is 6. The molecule has 0 amide bonds. The van der Waals surface area contributed by atoms with Crippen molar-refractivity contribution in [1.82, 2.24) is 0 Å². The maximum Gasteiger partial charge on any atom is 0.0540 e. The Kier molecular flexibility index (Phi) is 13.3. The van der Waals surface area contributed by atoms with Gasteiger partial charge in [0.1, 0.15) is 0 Å². The average Bonchev–Trinajstić information content (AvgIpc) is 0.774. The summed E-state index contributed by atoms with van der Waals surface area (Å²) in [4.78, 5) is 4.96. The van der Waals surface area contributed by atoms with Gasteiger partial charge < -0.3 is 9.80 Å². The molecule has 0 aliphatic carbocycles. The van der Waals surface area contributed by atoms with Gasteiger partial charge in [-0.05, 0) is 221 Å². The molecule has 0 atom stereocenters. The highest BCUT2D eigenvalue weighted by molar-refractivity contribution is 6.16. The van der Waals surface area contributed by atoms with Crippen LogP contribution in [0.1, 0.15) is 0 Å². The second kappa shape index (κ2) is 22.8. The van der Waals surface area contributed by atoms with Gasteiger partial charge in [-0.2, -0.15) is 0 Å². The molecular weight excluding hydrogens is 1130 g/mol. The maximum absolute atomic E-state index is 2.48. The Labute approximate surface area is 546 Å². The van der Waals surface area contributed by atoms with Crippen LogP contribution in [0.2, 0.25) is 0 Å². The standard InChI is InChI=1S/C92H60N2/c1-2-25-64-53-75(51-50-61(64)22-1)93(72-33-16-31-66(55-72)90-59-68-26-5-9-38-80(68)84-40-11-13-42-87(84)90)76-57-70(82-45-19-29-63-24-4-8-37-78(63)82)52-71(58-76)83-46-20-48-89-86(83)47-21-49-92(89)94(73-34-15-30-65(54-73)79-44-18-28-62-23-3-7-36-77(62)79)74-35-17-32-67(56-74)91-60-69-27-6-10-39-81(69)85-41-12-14-43-88(85)91/h1-60H. The molecule has 0 spiro atoms. The second-order valence-corrected chi connectivity index (χ2v) is 24.7. The Balaban J connectivity index is 0.859. The minimum atomic E-state index is 1.05. The molecule has 0 saturated heterocycles. The van der Waals surface area contributed by atoms with Crippen LogP contribution >= 0.6 is 0 Å². The lowest BCUT2D eigenvalue weighted by molar-refractivity contribution is 1.29. The van der Waals surface area contributed by atoms with Crippen LogP contribution in [0.5, 0.6) is 0 Å². The monoisotopic (exact) mass is 1190 g/mol. The Hall–Kier alpha value is -12.4. The molecule has 438 valence electrons. The number of rotatable bonds is 11. The first-order chi connectivity index (χ1) is 46.6. The summed E-state index contributed by atoms with van der Waals surface area (Å²) < 4.78 is 0. The molecule has 0 unspecified atom stereocenters. The minimum absolute atomic E-state index is 1.05. The van der Waals surface area contributed by atoms with Gasteiger partial charge in [0.15, 0.2) is 0 Å². The zero-order valence-corrected chi connectivity index (χ0v) is 51.5. The van der Waals surface area contributed by atoms with Gasteiger partial charge in [0.25, 0.3) is 0 Å². The van der Waals surface area contributed by atoms with Crippen LogP contribution in [0, 0.1) is 0 Å². The van der Waals surface area contributed by atoms with E-state index in [0.29, 0.717) is 0 Å². The third kappa shape index (κ3) is 9.50. The lowest BCUT2D eigenvalue weighted by Crippen LogP contribution is -2.11. The molecule has 94 heavy (non-hydrogen) atoms. The van der Waals surface area contributed by atoms with Crippen LogP contribution in [-0.4, -0.2) is 0 Å². The van der Waals surface area contributed by atoms with Crippen molar-refractivity contribution >= 4 is 120 Å². The number of hydrogen-bond acceptors (Lipinski definition) is 2. The van der Waals surface area contributed by atoms with Crippen molar-refractivity contribution in [3.05, 3.63) is 364 Å². The van der Waals surface area contributed by atoms with Gasteiger partial charge in [-0.25, -0.2) is 0 Å². The van der Waals surface area contributed by atoms with Crippen LogP contribution in [0.3, 0.4) is 0 Å². The van der Waals surface area contributed by atoms with Crippen molar-refractivity contribution in [2.45, 2.75) is 0 Å². The quantitative estimate of drug-likeness (QED) is 0.119. The molecule has 0 N–H and O–H groups in total. The number of fused-ring (bicyclic) bond motifs is 10. The topological polar surface area (TPSA) is 6.48 Å². The van der Waals surface area contributed by atoms with E-state index in [1.54, 1.807) is 0 Å². The normalized spacial score (nSPS) is 11.6. The largest absolute Gasteiger partial charge is 0.310 e. The second-order valence-electron chi connectivity index (χ2n) is 24.7. The zero-order valence-electron chi connectivity index (χ0n) is 51.5. The molecule has 18 rings (SSSR count). The molecule has 0 aliphatic heterocycles. The molecule has 18 aromatic carbocycles. The van der Waals surface area contributed by atoms with Gasteiger partial charge in [0.05, 0.1) is 5.69 Å². The molecule has 2 nitrogen and oxygen atoms in total. The molecule has 18 aromatic rings. The van der Waals surface area contributed by atoms with E-state index in [1.807, 2.05) is 0 Å². The number of benzene rings is 18. The highest BCUT2D eigenvalue weighted by atomic mass is 15.1. The number of hydrogen-bond donors (Lipinski definition) is 0. The summed E-state index contributed by atoms with van der Waals surface area (Å²) in [5.74, 6) is 0. The highest BCUT2D eigenvalue weighted by Gasteiger charge is 2.23. The van der Waals surface area contributed by atoms with Gasteiger partial charge in [0.2, 0.25) is 0 Å². The fourth-order valence-corrected chi connectivity index (χ4v) is 15.0. The molecule has 0 aromatic heterocycles. The molecule has 2 heteroatoms. The minimum Gasteiger partial charge on any atom is -0.310 e. The molecule has 0 aliphatic rings. The van der Waals surface area contributed by atoms with Crippen LogP contribution in [-0.2, 0) is 0 Å². The summed E-state index contributed by atoms with van der Waals surface area (Å²) >= 11 is 0. The zero-order chi connectivity index (χ0) is 62.1. The van der Waals surface area contributed by atoms with Crippen molar-refractivity contribution in [3.63, 3.8) is 0 Å².